The number of hydrogen-bond donors (Lipinski definition) is 2. The smallest absolute Gasteiger partial charge is 0.430 e. The molecule has 3 N–H and O–H groups in total. The number of thiazole rings is 1. The van der Waals surface area contributed by atoms with Crippen LogP contribution in [0.25, 0.3) is 0 Å². The maximum atomic E-state index is 13.3. The minimum Gasteiger partial charge on any atom is -0.542 e. The topological polar surface area (TPSA) is 111 Å². The van der Waals surface area contributed by atoms with Crippen molar-refractivity contribution in [2.24, 2.45) is 4.99 Å². The molecule has 2 aliphatic rings. The molecule has 0 atom stereocenters. The summed E-state index contributed by atoms with van der Waals surface area (Å²) >= 11 is 1.56. The summed E-state index contributed by atoms with van der Waals surface area (Å²) in [6.07, 6.45) is -1.22. The number of alkyl halides is 3. The summed E-state index contributed by atoms with van der Waals surface area (Å²) in [6.45, 7) is 0. The molecule has 0 radical (unpaired) electrons. The number of hydrogen-bond acceptors (Lipinski definition) is 6. The zero-order valence-corrected chi connectivity index (χ0v) is 19.2. The molecule has 1 aliphatic carbocycles. The quantitative estimate of drug-likeness (QED) is 0.534. The second kappa shape index (κ2) is 9.96. The lowest BCUT2D eigenvalue weighted by molar-refractivity contribution is -0.437. The predicted molar refractivity (Wildman–Crippen MR) is 123 cm³/mol. The number of carboxylic acids is 1. The molecule has 1 saturated carbocycles. The number of halogens is 3. The van der Waals surface area contributed by atoms with Crippen LogP contribution >= 0.6 is 11.3 Å². The number of nitrogens with zero attached hydrogens (tertiary/aromatic N) is 2. The third-order valence-corrected chi connectivity index (χ3v) is 6.55. The minimum atomic E-state index is -5.19. The molecule has 11 heteroatoms. The molecule has 3 aromatic rings. The summed E-state index contributed by atoms with van der Waals surface area (Å²) in [6, 6.07) is 16.1. The number of benzene rings is 2. The van der Waals surface area contributed by atoms with E-state index in [0.29, 0.717) is 0 Å². The van der Waals surface area contributed by atoms with E-state index in [1.54, 1.807) is 11.3 Å². The first kappa shape index (κ1) is 24.6. The number of aromatic nitrogens is 1. The van der Waals surface area contributed by atoms with Gasteiger partial charge in [-0.25, -0.2) is 4.98 Å². The number of carbonyl (C=O) groups is 2. The second-order valence-corrected chi connectivity index (χ2v) is 8.90. The van der Waals surface area contributed by atoms with E-state index in [9.17, 15) is 18.0 Å². The standard InChI is InChI=1S/C22H20N4OS.C2HF3O2/c27-21(22(10-4-5-11-22)15-6-2-1-3-7-15)24-16-8-9-17-18(12-16)26-20(25-17)19-13-28-14-23-19;3-2(4,5)1(6)7/h1-3,6-9,12-14H,4-5,10-11H2,(H,24,27)(H,25,26);(H,6,7). The molecule has 1 fully saturated rings. The maximum absolute atomic E-state index is 13.3. The molecule has 1 aromatic heterocycles. The van der Waals surface area contributed by atoms with Gasteiger partial charge in [0, 0.05) is 17.1 Å². The number of amides is 1. The van der Waals surface area contributed by atoms with Crippen molar-refractivity contribution in [3.63, 3.8) is 0 Å². The zero-order valence-electron chi connectivity index (χ0n) is 18.3. The molecule has 0 unspecified atom stereocenters. The number of aliphatic carboxylic acids is 1. The van der Waals surface area contributed by atoms with E-state index in [2.05, 4.69) is 27.4 Å². The van der Waals surface area contributed by atoms with E-state index in [-0.39, 0.29) is 5.91 Å². The van der Waals surface area contributed by atoms with Crippen LogP contribution in [0.3, 0.4) is 0 Å². The lowest BCUT2D eigenvalue weighted by Crippen LogP contribution is -2.80. The van der Waals surface area contributed by atoms with Crippen LogP contribution in [0.1, 0.15) is 36.9 Å². The summed E-state index contributed by atoms with van der Waals surface area (Å²) in [5.74, 6) is -2.04. The van der Waals surface area contributed by atoms with Crippen LogP contribution in [0.15, 0.2) is 64.4 Å². The molecular formula is C24H21F3N4O3S. The molecule has 0 spiro atoms. The maximum Gasteiger partial charge on any atom is 0.430 e. The average molecular weight is 503 g/mol. The number of carbonyl (C=O) groups excluding carboxylic acids is 2. The van der Waals surface area contributed by atoms with Crippen molar-refractivity contribution < 1.29 is 33.2 Å². The first-order valence-corrected chi connectivity index (χ1v) is 11.7. The van der Waals surface area contributed by atoms with E-state index in [0.717, 1.165) is 59.8 Å². The van der Waals surface area contributed by atoms with Crippen LogP contribution in [-0.2, 0) is 15.0 Å². The largest absolute Gasteiger partial charge is 0.542 e. The fourth-order valence-corrected chi connectivity index (χ4v) is 4.81. The summed E-state index contributed by atoms with van der Waals surface area (Å²) < 4.78 is 31.5. The van der Waals surface area contributed by atoms with E-state index in [4.69, 9.17) is 9.90 Å². The number of rotatable bonds is 4. The summed E-state index contributed by atoms with van der Waals surface area (Å²) in [4.78, 5) is 31.1. The van der Waals surface area contributed by atoms with Gasteiger partial charge in [0.15, 0.2) is 11.4 Å². The van der Waals surface area contributed by atoms with Crippen LogP contribution in [0.2, 0.25) is 0 Å². The van der Waals surface area contributed by atoms with Gasteiger partial charge in [0.25, 0.3) is 5.84 Å². The molecule has 0 saturated heterocycles. The van der Waals surface area contributed by atoms with Crippen molar-refractivity contribution in [1.29, 1.82) is 0 Å². The Morgan fingerprint density at radius 2 is 1.77 bits per heavy atom. The first-order chi connectivity index (χ1) is 16.7. The van der Waals surface area contributed by atoms with Crippen molar-refractivity contribution in [3.8, 4) is 0 Å². The highest BCUT2D eigenvalue weighted by molar-refractivity contribution is 7.07. The number of amidine groups is 1. The van der Waals surface area contributed by atoms with E-state index >= 15 is 0 Å². The van der Waals surface area contributed by atoms with Crippen molar-refractivity contribution in [2.45, 2.75) is 37.3 Å². The molecule has 1 amide bonds. The zero-order chi connectivity index (χ0) is 25.1. The normalized spacial score (nSPS) is 16.0. The van der Waals surface area contributed by atoms with Gasteiger partial charge in [-0.05, 0) is 30.5 Å². The molecule has 5 rings (SSSR count). The van der Waals surface area contributed by atoms with Crippen molar-refractivity contribution in [1.82, 2.24) is 4.98 Å². The summed E-state index contributed by atoms with van der Waals surface area (Å²) in [7, 11) is 0. The molecule has 2 aromatic carbocycles. The number of quaternary nitrogens is 1. The van der Waals surface area contributed by atoms with Gasteiger partial charge in [0.05, 0.1) is 10.9 Å². The number of nitrogens with one attached hydrogen (secondary N) is 1. The van der Waals surface area contributed by atoms with Gasteiger partial charge in [-0.15, -0.1) is 11.3 Å². The van der Waals surface area contributed by atoms with Crippen molar-refractivity contribution in [3.05, 3.63) is 70.7 Å². The number of anilines is 1. The van der Waals surface area contributed by atoms with Gasteiger partial charge in [-0.3, -0.25) is 10.1 Å². The molecule has 182 valence electrons. The fraction of sp³-hybridized carbons (Fsp3) is 0.250. The van der Waals surface area contributed by atoms with Gasteiger partial charge in [-0.1, -0.05) is 43.2 Å². The Morgan fingerprint density at radius 1 is 1.09 bits per heavy atom. The molecule has 35 heavy (non-hydrogen) atoms. The monoisotopic (exact) mass is 502 g/mol. The lowest BCUT2D eigenvalue weighted by atomic mass is 9.78. The number of fused-ring (bicyclic) bond motifs is 1. The van der Waals surface area contributed by atoms with Crippen molar-refractivity contribution in [2.75, 3.05) is 5.32 Å². The molecule has 2 heterocycles. The van der Waals surface area contributed by atoms with Gasteiger partial charge < -0.3 is 15.2 Å². The summed E-state index contributed by atoms with van der Waals surface area (Å²) in [5.41, 5.74) is 6.14. The van der Waals surface area contributed by atoms with Gasteiger partial charge in [0.2, 0.25) is 5.91 Å². The highest BCUT2D eigenvalue weighted by atomic mass is 32.1. The predicted octanol–water partition coefficient (Wildman–Crippen LogP) is 3.18. The van der Waals surface area contributed by atoms with E-state index in [1.807, 2.05) is 52.6 Å². The molecule has 1 aliphatic heterocycles. The van der Waals surface area contributed by atoms with Crippen LogP contribution < -0.4 is 15.7 Å². The van der Waals surface area contributed by atoms with Crippen molar-refractivity contribution >= 4 is 46.1 Å². The van der Waals surface area contributed by atoms with Gasteiger partial charge >= 0.3 is 6.18 Å². The minimum absolute atomic E-state index is 0.0924. The van der Waals surface area contributed by atoms with Gasteiger partial charge in [0.1, 0.15) is 11.7 Å². The average Bonchev–Trinajstić information content (AvgIpc) is 3.60. The van der Waals surface area contributed by atoms with E-state index < -0.39 is 17.6 Å². The van der Waals surface area contributed by atoms with Crippen LogP contribution in [0, 0.1) is 0 Å². The Balaban J connectivity index is 0.000000364. The Hall–Kier alpha value is -3.57. The number of nitrogens with two attached hydrogens (primary N) is 1. The number of aliphatic imine (C=N–C) groups is 1. The van der Waals surface area contributed by atoms with Gasteiger partial charge in [-0.2, -0.15) is 18.2 Å². The SMILES string of the molecule is O=C(Nc1ccc2c(c1)[NH2+]C(c1cscn1)=N2)C1(c2ccccc2)CCCC1.O=C([O-])C(F)(F)F. The molecular weight excluding hydrogens is 481 g/mol. The Labute approximate surface area is 202 Å². The van der Waals surface area contributed by atoms with Crippen LogP contribution in [-0.4, -0.2) is 28.9 Å². The highest BCUT2D eigenvalue weighted by Gasteiger charge is 2.42. The van der Waals surface area contributed by atoms with Crippen LogP contribution in [0.5, 0.6) is 0 Å². The van der Waals surface area contributed by atoms with Crippen LogP contribution in [0.4, 0.5) is 30.2 Å². The first-order valence-electron chi connectivity index (χ1n) is 10.8. The molecule has 7 nitrogen and oxygen atoms in total. The fourth-order valence-electron chi connectivity index (χ4n) is 4.26. The second-order valence-electron chi connectivity index (χ2n) is 8.18. The highest BCUT2D eigenvalue weighted by Crippen LogP contribution is 2.42. The number of carboxylic acid groups (broad SMARTS) is 1. The Morgan fingerprint density at radius 3 is 2.37 bits per heavy atom. The Bertz CT molecular complexity index is 1240. The third-order valence-electron chi connectivity index (χ3n) is 5.96. The molecule has 0 bridgehead atoms. The lowest BCUT2D eigenvalue weighted by Gasteiger charge is -2.28. The van der Waals surface area contributed by atoms with E-state index in [1.165, 1.54) is 0 Å². The Kier molecular flexibility index (Phi) is 6.99. The third kappa shape index (κ3) is 5.41. The summed E-state index contributed by atoms with van der Waals surface area (Å²) in [5, 5.41) is 16.0.